The molecule has 0 radical (unpaired) electrons. The summed E-state index contributed by atoms with van der Waals surface area (Å²) in [5.74, 6) is -2.04. The predicted octanol–water partition coefficient (Wildman–Crippen LogP) is -2.13. The summed E-state index contributed by atoms with van der Waals surface area (Å²) in [6, 6.07) is -0.961. The lowest BCUT2D eigenvalue weighted by atomic mass is 10.0. The van der Waals surface area contributed by atoms with E-state index >= 15 is 0 Å². The topological polar surface area (TPSA) is 255 Å². The summed E-state index contributed by atoms with van der Waals surface area (Å²) in [6.45, 7) is 0.590. The number of tetrazole rings is 1. The number of hydrogen-bond acceptors (Lipinski definition) is 14. The van der Waals surface area contributed by atoms with Gasteiger partial charge in [0.2, 0.25) is 5.16 Å². The molecule has 0 aromatic carbocycles. The van der Waals surface area contributed by atoms with Gasteiger partial charge in [0.15, 0.2) is 16.8 Å². The average molecular weight is 583 g/mol. The first kappa shape index (κ1) is 27.1. The van der Waals surface area contributed by atoms with Crippen LogP contribution in [0.2, 0.25) is 0 Å². The number of aliphatic carboxylic acids is 1. The molecule has 2 aromatic rings. The zero-order chi connectivity index (χ0) is 27.4. The summed E-state index contributed by atoms with van der Waals surface area (Å²) in [6.07, 6.45) is 0. The highest BCUT2D eigenvalue weighted by molar-refractivity contribution is 8.01. The fourth-order valence-corrected chi connectivity index (χ4v) is 6.50. The number of guanidine groups is 1. The van der Waals surface area contributed by atoms with Crippen LogP contribution in [-0.4, -0.2) is 101 Å². The number of β-lactam (4-membered cyclic amide) rings is 1. The number of carbonyl (C=O) groups excluding carboxylic acids is 2. The predicted molar refractivity (Wildman–Crippen MR) is 139 cm³/mol. The monoisotopic (exact) mass is 582 g/mol. The van der Waals surface area contributed by atoms with Gasteiger partial charge in [-0.2, -0.15) is 0 Å². The normalized spacial score (nSPS) is 19.0. The zero-order valence-electron chi connectivity index (χ0n) is 19.7. The summed E-state index contributed by atoms with van der Waals surface area (Å²) in [7, 11) is 1.27. The number of hydrogen-bond donors (Lipinski definition) is 5. The number of aromatic nitrogens is 5. The van der Waals surface area contributed by atoms with Gasteiger partial charge in [0.1, 0.15) is 29.9 Å². The second-order valence-corrected chi connectivity index (χ2v) is 10.5. The minimum absolute atomic E-state index is 0.0546. The number of nitrogens with two attached hydrogens (primary N) is 3. The highest BCUT2D eigenvalue weighted by Crippen LogP contribution is 2.41. The number of nitrogen functional groups attached to an aromatic ring is 1. The van der Waals surface area contributed by atoms with Gasteiger partial charge < -0.3 is 32.5 Å². The summed E-state index contributed by atoms with van der Waals surface area (Å²) in [5.41, 5.74) is 16.7. The first-order chi connectivity index (χ1) is 18.2. The number of fused-ring (bicyclic) bond motifs is 1. The van der Waals surface area contributed by atoms with Crippen molar-refractivity contribution < 1.29 is 24.3 Å². The molecule has 2 amide bonds. The van der Waals surface area contributed by atoms with Crippen molar-refractivity contribution in [3.8, 4) is 0 Å². The molecule has 38 heavy (non-hydrogen) atoms. The maximum absolute atomic E-state index is 13.0. The van der Waals surface area contributed by atoms with Gasteiger partial charge in [-0.1, -0.05) is 16.9 Å². The van der Waals surface area contributed by atoms with E-state index in [1.807, 2.05) is 0 Å². The number of thioether (sulfide) groups is 2. The number of oxime groups is 1. The maximum atomic E-state index is 13.0. The molecular formula is C18H22N12O5S3. The largest absolute Gasteiger partial charge is 0.477 e. The third-order valence-electron chi connectivity index (χ3n) is 5.18. The number of carboxylic acid groups (broad SMARTS) is 1. The quantitative estimate of drug-likeness (QED) is 0.0623. The minimum atomic E-state index is -1.25. The Labute approximate surface area is 226 Å². The van der Waals surface area contributed by atoms with Crippen molar-refractivity contribution in [3.63, 3.8) is 0 Å². The standard InChI is InChI=1S/C18H22N12O5S3/c1-35-26-9(8-6-37-17(21)23-8)12(31)24-10-13(32)30-11(15(33)34)7(4-36-14(10)30)5-38-18-25-27-28-29(18)3-2-22-16(19)20/h6,10,14H,2-5H2,1H3,(H2,21,23)(H,24,31)(H,33,34)(H4,19,20,22)/t10-,14+/m1/s1. The molecule has 0 spiro atoms. The molecule has 1 fully saturated rings. The molecule has 17 nitrogen and oxygen atoms in total. The fourth-order valence-electron chi connectivity index (χ4n) is 3.56. The van der Waals surface area contributed by atoms with E-state index < -0.39 is 29.2 Å². The Kier molecular flexibility index (Phi) is 8.32. The number of rotatable bonds is 11. The number of nitrogens with zero attached hydrogens (tertiary/aromatic N) is 8. The lowest BCUT2D eigenvalue weighted by Crippen LogP contribution is -2.71. The van der Waals surface area contributed by atoms with Crippen LogP contribution in [0.4, 0.5) is 5.13 Å². The molecule has 2 aliphatic heterocycles. The van der Waals surface area contributed by atoms with Crippen LogP contribution in [-0.2, 0) is 25.8 Å². The fraction of sp³-hybridized carbons (Fsp3) is 0.389. The van der Waals surface area contributed by atoms with E-state index in [0.717, 1.165) is 11.3 Å². The Hall–Kier alpha value is -3.91. The molecular weight excluding hydrogens is 560 g/mol. The Balaban J connectivity index is 1.45. The van der Waals surface area contributed by atoms with Gasteiger partial charge >= 0.3 is 5.97 Å². The molecule has 8 N–H and O–H groups in total. The molecule has 2 aliphatic rings. The van der Waals surface area contributed by atoms with Gasteiger partial charge in [0.25, 0.3) is 11.8 Å². The van der Waals surface area contributed by atoms with Crippen molar-refractivity contribution in [2.45, 2.75) is 23.1 Å². The highest BCUT2D eigenvalue weighted by Gasteiger charge is 2.54. The number of aliphatic imine (C=N–C) groups is 1. The van der Waals surface area contributed by atoms with Crippen molar-refractivity contribution in [2.75, 3.05) is 30.9 Å². The molecule has 0 saturated carbocycles. The average Bonchev–Trinajstić information content (AvgIpc) is 3.51. The lowest BCUT2D eigenvalue weighted by molar-refractivity contribution is -0.150. The molecule has 202 valence electrons. The van der Waals surface area contributed by atoms with Crippen molar-refractivity contribution in [3.05, 3.63) is 22.3 Å². The van der Waals surface area contributed by atoms with E-state index in [9.17, 15) is 19.5 Å². The first-order valence-electron chi connectivity index (χ1n) is 10.7. The van der Waals surface area contributed by atoms with Crippen LogP contribution < -0.4 is 22.5 Å². The van der Waals surface area contributed by atoms with Gasteiger partial charge in [-0.05, 0) is 16.0 Å². The minimum Gasteiger partial charge on any atom is -0.477 e. The summed E-state index contributed by atoms with van der Waals surface area (Å²) in [5, 5.41) is 29.3. The molecule has 1 saturated heterocycles. The summed E-state index contributed by atoms with van der Waals surface area (Å²) in [4.78, 5) is 51.8. The van der Waals surface area contributed by atoms with Crippen molar-refractivity contribution in [1.29, 1.82) is 0 Å². The molecule has 20 heteroatoms. The van der Waals surface area contributed by atoms with E-state index in [-0.39, 0.29) is 40.5 Å². The summed E-state index contributed by atoms with van der Waals surface area (Å²) < 4.78 is 1.49. The lowest BCUT2D eigenvalue weighted by Gasteiger charge is -2.49. The Bertz CT molecular complexity index is 1330. The van der Waals surface area contributed by atoms with Crippen LogP contribution in [0.15, 0.2) is 32.0 Å². The van der Waals surface area contributed by atoms with Crippen LogP contribution in [0.5, 0.6) is 0 Å². The number of thiazole rings is 1. The number of amides is 2. The second-order valence-electron chi connectivity index (χ2n) is 7.59. The SMILES string of the molecule is CON=C(C(=O)N[C@@H]1C(=O)N2C(C(=O)O)=C(CSc3nnnn3CCN=C(N)N)CS[C@@H]12)c1csc(N)n1. The van der Waals surface area contributed by atoms with Gasteiger partial charge in [-0.25, -0.2) is 14.5 Å². The highest BCUT2D eigenvalue weighted by atomic mass is 32.2. The van der Waals surface area contributed by atoms with Gasteiger partial charge in [0, 0.05) is 16.9 Å². The molecule has 0 unspecified atom stereocenters. The van der Waals surface area contributed by atoms with E-state index in [4.69, 9.17) is 22.0 Å². The molecule has 2 atom stereocenters. The maximum Gasteiger partial charge on any atom is 0.352 e. The van der Waals surface area contributed by atoms with Gasteiger partial charge in [0.05, 0.1) is 13.1 Å². The molecule has 0 bridgehead atoms. The molecule has 2 aromatic heterocycles. The summed E-state index contributed by atoms with van der Waals surface area (Å²) >= 11 is 3.66. The third-order valence-corrected chi connectivity index (χ3v) is 8.24. The van der Waals surface area contributed by atoms with Crippen molar-refractivity contribution in [2.24, 2.45) is 21.6 Å². The van der Waals surface area contributed by atoms with Crippen LogP contribution in [0.1, 0.15) is 5.69 Å². The number of nitrogens with one attached hydrogen (secondary N) is 1. The number of anilines is 1. The third kappa shape index (κ3) is 5.65. The molecule has 0 aliphatic carbocycles. The second kappa shape index (κ2) is 11.6. The van der Waals surface area contributed by atoms with E-state index in [1.54, 1.807) is 0 Å². The Morgan fingerprint density at radius 3 is 2.84 bits per heavy atom. The van der Waals surface area contributed by atoms with Crippen molar-refractivity contribution in [1.82, 2.24) is 35.4 Å². The van der Waals surface area contributed by atoms with E-state index in [2.05, 4.69) is 36.0 Å². The smallest absolute Gasteiger partial charge is 0.352 e. The molecule has 4 rings (SSSR count). The number of carbonyl (C=O) groups is 3. The Morgan fingerprint density at radius 2 is 2.18 bits per heavy atom. The zero-order valence-corrected chi connectivity index (χ0v) is 22.1. The van der Waals surface area contributed by atoms with Gasteiger partial charge in [-0.3, -0.25) is 19.5 Å². The van der Waals surface area contributed by atoms with Crippen LogP contribution in [0.3, 0.4) is 0 Å². The van der Waals surface area contributed by atoms with E-state index in [0.29, 0.717) is 23.0 Å². The first-order valence-corrected chi connectivity index (χ1v) is 13.6. The van der Waals surface area contributed by atoms with Crippen LogP contribution in [0.25, 0.3) is 0 Å². The number of carboxylic acids is 1. The van der Waals surface area contributed by atoms with Crippen LogP contribution >= 0.6 is 34.9 Å². The Morgan fingerprint density at radius 1 is 1.39 bits per heavy atom. The van der Waals surface area contributed by atoms with Crippen LogP contribution in [0, 0.1) is 0 Å². The van der Waals surface area contributed by atoms with E-state index in [1.165, 1.54) is 45.6 Å². The van der Waals surface area contributed by atoms with Crippen molar-refractivity contribution >= 4 is 69.4 Å². The molecule has 4 heterocycles. The van der Waals surface area contributed by atoms with Gasteiger partial charge in [-0.15, -0.1) is 28.2 Å².